The van der Waals surface area contributed by atoms with E-state index in [1.807, 2.05) is 6.07 Å². The summed E-state index contributed by atoms with van der Waals surface area (Å²) in [5.41, 5.74) is 13.4. The Balaban J connectivity index is 0.889. The Morgan fingerprint density at radius 1 is 0.253 bits per heavy atom. The van der Waals surface area contributed by atoms with Gasteiger partial charge in [0.25, 0.3) is 0 Å². The second-order valence-corrected chi connectivity index (χ2v) is 19.6. The predicted molar refractivity (Wildman–Crippen MR) is 310 cm³/mol. The summed E-state index contributed by atoms with van der Waals surface area (Å²) in [6, 6.07) is 88.8. The first kappa shape index (κ1) is 41.4. The molecule has 0 aliphatic heterocycles. The van der Waals surface area contributed by atoms with Gasteiger partial charge in [-0.25, -0.2) is 15.0 Å². The van der Waals surface area contributed by atoms with Gasteiger partial charge in [0.15, 0.2) is 17.5 Å². The number of aromatic nitrogens is 5. The summed E-state index contributed by atoms with van der Waals surface area (Å²) in [4.78, 5) is 15.9. The number of nitrogens with zero attached hydrogens (tertiary/aromatic N) is 5. The Labute approximate surface area is 429 Å². The molecule has 0 spiro atoms. The van der Waals surface area contributed by atoms with Gasteiger partial charge < -0.3 is 13.6 Å². The summed E-state index contributed by atoms with van der Waals surface area (Å²) in [5.74, 6) is 1.79. The van der Waals surface area contributed by atoms with E-state index in [9.17, 15) is 0 Å². The molecule has 0 aliphatic rings. The van der Waals surface area contributed by atoms with Crippen molar-refractivity contribution in [2.75, 3.05) is 0 Å². The van der Waals surface area contributed by atoms with E-state index in [0.717, 1.165) is 99.4 Å². The lowest BCUT2D eigenvalue weighted by Crippen LogP contribution is -2.00. The maximum atomic E-state index is 6.71. The first-order valence-electron chi connectivity index (χ1n) is 25.4. The molecule has 0 aliphatic carbocycles. The number of para-hydroxylation sites is 2. The van der Waals surface area contributed by atoms with Crippen LogP contribution >= 0.6 is 0 Å². The third-order valence-corrected chi connectivity index (χ3v) is 15.3. The van der Waals surface area contributed by atoms with E-state index in [1.54, 1.807) is 0 Å². The van der Waals surface area contributed by atoms with Gasteiger partial charge in [0.05, 0.1) is 22.1 Å². The van der Waals surface area contributed by atoms with Crippen molar-refractivity contribution in [1.29, 1.82) is 0 Å². The van der Waals surface area contributed by atoms with Crippen LogP contribution in [0.5, 0.6) is 0 Å². The largest absolute Gasteiger partial charge is 0.456 e. The molecule has 12 aromatic carbocycles. The molecule has 0 bridgehead atoms. The minimum atomic E-state index is 0.589. The molecule has 4 aromatic heterocycles. The number of hydrogen-bond acceptors (Lipinski definition) is 4. The molecule has 16 aromatic rings. The summed E-state index contributed by atoms with van der Waals surface area (Å²) < 4.78 is 11.5. The lowest BCUT2D eigenvalue weighted by Gasteiger charge is -2.11. The van der Waals surface area contributed by atoms with Crippen molar-refractivity contribution in [3.8, 4) is 56.7 Å². The molecule has 0 atom stereocenters. The second-order valence-electron chi connectivity index (χ2n) is 19.6. The minimum Gasteiger partial charge on any atom is -0.456 e. The quantitative estimate of drug-likeness (QED) is 0.167. The molecule has 75 heavy (non-hydrogen) atoms. The molecular formula is C69H41N5O. The van der Waals surface area contributed by atoms with E-state index in [-0.39, 0.29) is 0 Å². The zero-order chi connectivity index (χ0) is 49.1. The van der Waals surface area contributed by atoms with Crippen LogP contribution < -0.4 is 0 Å². The Hall–Kier alpha value is -10.2. The molecule has 4 heterocycles. The topological polar surface area (TPSA) is 61.7 Å². The van der Waals surface area contributed by atoms with Crippen molar-refractivity contribution >= 4 is 97.9 Å². The second kappa shape index (κ2) is 16.2. The summed E-state index contributed by atoms with van der Waals surface area (Å²) in [5, 5.41) is 13.9. The minimum absolute atomic E-state index is 0.589. The number of hydrogen-bond donors (Lipinski definition) is 0. The summed E-state index contributed by atoms with van der Waals surface area (Å²) in [7, 11) is 0. The summed E-state index contributed by atoms with van der Waals surface area (Å²) in [6.07, 6.45) is 0. The third-order valence-electron chi connectivity index (χ3n) is 15.3. The van der Waals surface area contributed by atoms with E-state index >= 15 is 0 Å². The zero-order valence-electron chi connectivity index (χ0n) is 40.3. The van der Waals surface area contributed by atoms with Crippen molar-refractivity contribution in [1.82, 2.24) is 24.1 Å². The molecule has 16 rings (SSSR count). The molecule has 0 fully saturated rings. The van der Waals surface area contributed by atoms with E-state index in [0.29, 0.717) is 17.5 Å². The normalized spacial score (nSPS) is 12.0. The number of furan rings is 1. The molecule has 0 saturated carbocycles. The Kier molecular flexibility index (Phi) is 8.94. The maximum Gasteiger partial charge on any atom is 0.164 e. The van der Waals surface area contributed by atoms with Gasteiger partial charge in [0, 0.05) is 60.4 Å². The molecule has 0 amide bonds. The number of benzene rings is 12. The van der Waals surface area contributed by atoms with E-state index < -0.39 is 0 Å². The van der Waals surface area contributed by atoms with Crippen LogP contribution in [0.1, 0.15) is 0 Å². The molecule has 348 valence electrons. The lowest BCUT2D eigenvalue weighted by atomic mass is 10.0. The fraction of sp³-hybridized carbons (Fsp3) is 0. The molecule has 0 N–H and O–H groups in total. The van der Waals surface area contributed by atoms with Gasteiger partial charge in [-0.1, -0.05) is 158 Å². The molecule has 0 saturated heterocycles. The van der Waals surface area contributed by atoms with Crippen molar-refractivity contribution in [2.24, 2.45) is 0 Å². The number of fused-ring (bicyclic) bond motifs is 13. The molecule has 6 heteroatoms. The van der Waals surface area contributed by atoms with E-state index in [4.69, 9.17) is 19.4 Å². The van der Waals surface area contributed by atoms with E-state index in [1.165, 1.54) is 37.7 Å². The Morgan fingerprint density at radius 3 is 1.43 bits per heavy atom. The van der Waals surface area contributed by atoms with Crippen LogP contribution in [0.15, 0.2) is 253 Å². The van der Waals surface area contributed by atoms with Crippen molar-refractivity contribution in [3.63, 3.8) is 0 Å². The highest BCUT2D eigenvalue weighted by Gasteiger charge is 2.21. The molecule has 6 nitrogen and oxygen atoms in total. The third kappa shape index (κ3) is 6.56. The van der Waals surface area contributed by atoms with E-state index in [2.05, 4.69) is 252 Å². The van der Waals surface area contributed by atoms with Gasteiger partial charge in [0.1, 0.15) is 11.2 Å². The Bertz CT molecular complexity index is 4900. The average molecular weight is 956 g/mol. The Morgan fingerprint density at radius 2 is 0.733 bits per heavy atom. The monoisotopic (exact) mass is 955 g/mol. The van der Waals surface area contributed by atoms with Gasteiger partial charge in [-0.15, -0.1) is 0 Å². The zero-order valence-corrected chi connectivity index (χ0v) is 40.3. The van der Waals surface area contributed by atoms with Crippen LogP contribution in [0.2, 0.25) is 0 Å². The highest BCUT2D eigenvalue weighted by atomic mass is 16.3. The standard InChI is InChI=1S/C69H41N5O/c1-3-13-42(14-4-1)43-23-26-45(27-24-43)67-70-68(72-69(71-67)51-29-32-61-56(38-51)54-21-11-12-22-60(54)73(61)52-19-5-2-6-20-52)50-28-25-44-30-33-65-66(55(44)37-50)59-41-53(31-34-64(59)75-65)74-62-39-48-17-9-7-15-46(48)35-57(62)58-36-47-16-8-10-18-49(47)40-63(58)74/h1-41H. The first-order chi connectivity index (χ1) is 37.1. The van der Waals surface area contributed by atoms with Crippen LogP contribution in [0.3, 0.4) is 0 Å². The highest BCUT2D eigenvalue weighted by Crippen LogP contribution is 2.42. The predicted octanol–water partition coefficient (Wildman–Crippen LogP) is 18.1. The lowest BCUT2D eigenvalue weighted by molar-refractivity contribution is 0.669. The van der Waals surface area contributed by atoms with Crippen LogP contribution in [0, 0.1) is 0 Å². The fourth-order valence-electron chi connectivity index (χ4n) is 11.7. The molecule has 0 unspecified atom stereocenters. The molecular weight excluding hydrogens is 915 g/mol. The number of rotatable bonds is 6. The van der Waals surface area contributed by atoms with Gasteiger partial charge in [0.2, 0.25) is 0 Å². The van der Waals surface area contributed by atoms with Crippen LogP contribution in [-0.4, -0.2) is 24.1 Å². The van der Waals surface area contributed by atoms with Gasteiger partial charge in [-0.2, -0.15) is 0 Å². The SMILES string of the molecule is c1ccc(-c2ccc(-c3nc(-c4ccc5ccc6oc7ccc(-n8c9cc%10ccccc%10cc9c9cc%10ccccc%10cc98)cc7c6c5c4)nc(-c4ccc5c(c4)c4ccccc4n5-c4ccccc4)n3)cc2)cc1. The fourth-order valence-corrected chi connectivity index (χ4v) is 11.7. The summed E-state index contributed by atoms with van der Waals surface area (Å²) in [6.45, 7) is 0. The van der Waals surface area contributed by atoms with Crippen LogP contribution in [0.25, 0.3) is 155 Å². The first-order valence-corrected chi connectivity index (χ1v) is 25.4. The van der Waals surface area contributed by atoms with Gasteiger partial charge in [-0.05, 0) is 134 Å². The van der Waals surface area contributed by atoms with Gasteiger partial charge >= 0.3 is 0 Å². The van der Waals surface area contributed by atoms with Crippen LogP contribution in [0.4, 0.5) is 0 Å². The van der Waals surface area contributed by atoms with Crippen molar-refractivity contribution in [2.45, 2.75) is 0 Å². The smallest absolute Gasteiger partial charge is 0.164 e. The van der Waals surface area contributed by atoms with Crippen molar-refractivity contribution in [3.05, 3.63) is 249 Å². The average Bonchev–Trinajstić information content (AvgIpc) is 4.14. The summed E-state index contributed by atoms with van der Waals surface area (Å²) >= 11 is 0. The maximum absolute atomic E-state index is 6.71. The van der Waals surface area contributed by atoms with Crippen molar-refractivity contribution < 1.29 is 4.42 Å². The highest BCUT2D eigenvalue weighted by molar-refractivity contribution is 6.21. The van der Waals surface area contributed by atoms with Gasteiger partial charge in [-0.3, -0.25) is 0 Å². The van der Waals surface area contributed by atoms with Crippen LogP contribution in [-0.2, 0) is 0 Å². The molecule has 0 radical (unpaired) electrons.